The molecule has 1 aliphatic rings. The highest BCUT2D eigenvalue weighted by atomic mass is 16.5. The van der Waals surface area contributed by atoms with Crippen LogP contribution in [-0.2, 0) is 16.0 Å². The van der Waals surface area contributed by atoms with Crippen LogP contribution in [-0.4, -0.2) is 30.4 Å². The van der Waals surface area contributed by atoms with Crippen molar-refractivity contribution in [2.45, 2.75) is 38.2 Å². The molecule has 0 aromatic heterocycles. The number of aryl methyl sites for hydroxylation is 1. The minimum atomic E-state index is -0.737. The van der Waals surface area contributed by atoms with Crippen LogP contribution < -0.4 is 4.74 Å². The zero-order valence-corrected chi connectivity index (χ0v) is 11.0. The summed E-state index contributed by atoms with van der Waals surface area (Å²) in [6.07, 6.45) is 3.84. The smallest absolute Gasteiger partial charge is 0.303 e. The minimum Gasteiger partial charge on any atom is -0.490 e. The second kappa shape index (κ2) is 7.14. The summed E-state index contributed by atoms with van der Waals surface area (Å²) in [5, 5.41) is 8.59. The maximum absolute atomic E-state index is 10.4. The van der Waals surface area contributed by atoms with Gasteiger partial charge in [-0.25, -0.2) is 0 Å². The fourth-order valence-electron chi connectivity index (χ4n) is 2.16. The molecule has 1 heterocycles. The Labute approximate surface area is 113 Å². The molecule has 4 nitrogen and oxygen atoms in total. The molecule has 1 aliphatic heterocycles. The largest absolute Gasteiger partial charge is 0.490 e. The zero-order valence-electron chi connectivity index (χ0n) is 11.0. The first kappa shape index (κ1) is 13.9. The van der Waals surface area contributed by atoms with Gasteiger partial charge < -0.3 is 14.6 Å². The summed E-state index contributed by atoms with van der Waals surface area (Å²) in [6, 6.07) is 7.95. The topological polar surface area (TPSA) is 55.8 Å². The molecule has 2 rings (SSSR count). The van der Waals surface area contributed by atoms with Crippen LogP contribution in [0.4, 0.5) is 0 Å². The quantitative estimate of drug-likeness (QED) is 0.858. The van der Waals surface area contributed by atoms with E-state index in [1.807, 2.05) is 24.3 Å². The van der Waals surface area contributed by atoms with E-state index in [-0.39, 0.29) is 12.5 Å². The van der Waals surface area contributed by atoms with E-state index in [4.69, 9.17) is 14.6 Å². The van der Waals surface area contributed by atoms with Gasteiger partial charge in [-0.15, -0.1) is 0 Å². The lowest BCUT2D eigenvalue weighted by molar-refractivity contribution is -0.137. The van der Waals surface area contributed by atoms with Crippen LogP contribution in [0.1, 0.15) is 31.2 Å². The summed E-state index contributed by atoms with van der Waals surface area (Å²) in [5.74, 6) is 0.147. The number of hydrogen-bond donors (Lipinski definition) is 1. The molecule has 0 aliphatic carbocycles. The molecule has 0 unspecified atom stereocenters. The summed E-state index contributed by atoms with van der Waals surface area (Å²) in [5.41, 5.74) is 1.15. The molecule has 0 bridgehead atoms. The fourth-order valence-corrected chi connectivity index (χ4v) is 2.16. The van der Waals surface area contributed by atoms with E-state index in [2.05, 4.69) is 0 Å². The van der Waals surface area contributed by atoms with Crippen molar-refractivity contribution in [3.05, 3.63) is 29.8 Å². The van der Waals surface area contributed by atoms with Crippen LogP contribution in [0.2, 0.25) is 0 Å². The Morgan fingerprint density at radius 2 is 1.95 bits per heavy atom. The van der Waals surface area contributed by atoms with E-state index in [9.17, 15) is 4.79 Å². The van der Waals surface area contributed by atoms with Crippen molar-refractivity contribution in [3.8, 4) is 5.75 Å². The Morgan fingerprint density at radius 3 is 2.58 bits per heavy atom. The van der Waals surface area contributed by atoms with Crippen molar-refractivity contribution >= 4 is 5.97 Å². The van der Waals surface area contributed by atoms with Crippen molar-refractivity contribution in [3.63, 3.8) is 0 Å². The zero-order chi connectivity index (χ0) is 13.5. The maximum atomic E-state index is 10.4. The third-order valence-corrected chi connectivity index (χ3v) is 3.25. The lowest BCUT2D eigenvalue weighted by Gasteiger charge is -2.23. The van der Waals surface area contributed by atoms with Gasteiger partial charge in [-0.3, -0.25) is 4.79 Å². The summed E-state index contributed by atoms with van der Waals surface area (Å²) in [7, 11) is 0. The van der Waals surface area contributed by atoms with Gasteiger partial charge in [0.2, 0.25) is 0 Å². The maximum Gasteiger partial charge on any atom is 0.303 e. The highest BCUT2D eigenvalue weighted by molar-refractivity contribution is 5.66. The Morgan fingerprint density at radius 1 is 1.26 bits per heavy atom. The summed E-state index contributed by atoms with van der Waals surface area (Å²) < 4.78 is 11.2. The van der Waals surface area contributed by atoms with Gasteiger partial charge in [0.05, 0.1) is 13.2 Å². The standard InChI is InChI=1S/C15H20O4/c16-15(17)3-1-2-12-4-6-13(7-5-12)19-14-8-10-18-11-9-14/h4-7,14H,1-3,8-11H2,(H,16,17). The predicted octanol–water partition coefficient (Wildman–Crippen LogP) is 2.65. The van der Waals surface area contributed by atoms with Crippen molar-refractivity contribution in [1.29, 1.82) is 0 Å². The molecule has 1 saturated heterocycles. The van der Waals surface area contributed by atoms with Crippen LogP contribution in [0.5, 0.6) is 5.75 Å². The van der Waals surface area contributed by atoms with Crippen molar-refractivity contribution in [2.75, 3.05) is 13.2 Å². The molecule has 1 aromatic carbocycles. The predicted molar refractivity (Wildman–Crippen MR) is 71.5 cm³/mol. The van der Waals surface area contributed by atoms with Gasteiger partial charge in [-0.05, 0) is 30.5 Å². The number of hydrogen-bond acceptors (Lipinski definition) is 3. The average molecular weight is 264 g/mol. The SMILES string of the molecule is O=C(O)CCCc1ccc(OC2CCOCC2)cc1. The van der Waals surface area contributed by atoms with Gasteiger partial charge in [-0.1, -0.05) is 12.1 Å². The normalized spacial score (nSPS) is 16.2. The lowest BCUT2D eigenvalue weighted by Crippen LogP contribution is -2.25. The first-order valence-corrected chi connectivity index (χ1v) is 6.79. The van der Waals surface area contributed by atoms with Crippen LogP contribution in [0.15, 0.2) is 24.3 Å². The van der Waals surface area contributed by atoms with Crippen molar-refractivity contribution in [1.82, 2.24) is 0 Å². The monoisotopic (exact) mass is 264 g/mol. The Balaban J connectivity index is 1.78. The van der Waals surface area contributed by atoms with Gasteiger partial charge in [-0.2, -0.15) is 0 Å². The van der Waals surface area contributed by atoms with E-state index in [0.29, 0.717) is 6.42 Å². The number of carboxylic acid groups (broad SMARTS) is 1. The molecule has 0 amide bonds. The average Bonchev–Trinajstić information content (AvgIpc) is 2.42. The second-order valence-corrected chi connectivity index (χ2v) is 4.82. The van der Waals surface area contributed by atoms with Gasteiger partial charge in [0.25, 0.3) is 0 Å². The molecule has 1 fully saturated rings. The number of benzene rings is 1. The summed E-state index contributed by atoms with van der Waals surface area (Å²) in [6.45, 7) is 1.55. The summed E-state index contributed by atoms with van der Waals surface area (Å²) >= 11 is 0. The molecule has 0 spiro atoms. The first-order chi connectivity index (χ1) is 9.24. The molecule has 1 aromatic rings. The molecular formula is C15H20O4. The highest BCUT2D eigenvalue weighted by Crippen LogP contribution is 2.19. The van der Waals surface area contributed by atoms with E-state index < -0.39 is 5.97 Å². The van der Waals surface area contributed by atoms with Crippen LogP contribution in [0, 0.1) is 0 Å². The molecule has 0 saturated carbocycles. The number of carboxylic acids is 1. The Hall–Kier alpha value is -1.55. The van der Waals surface area contributed by atoms with Crippen LogP contribution >= 0.6 is 0 Å². The molecule has 19 heavy (non-hydrogen) atoms. The Kier molecular flexibility index (Phi) is 5.21. The number of aliphatic carboxylic acids is 1. The van der Waals surface area contributed by atoms with E-state index in [1.165, 1.54) is 0 Å². The van der Waals surface area contributed by atoms with E-state index in [1.54, 1.807) is 0 Å². The third kappa shape index (κ3) is 4.91. The fraction of sp³-hybridized carbons (Fsp3) is 0.533. The molecule has 0 radical (unpaired) electrons. The van der Waals surface area contributed by atoms with Crippen molar-refractivity contribution in [2.24, 2.45) is 0 Å². The van der Waals surface area contributed by atoms with Gasteiger partial charge >= 0.3 is 5.97 Å². The lowest BCUT2D eigenvalue weighted by atomic mass is 10.1. The minimum absolute atomic E-state index is 0.223. The molecule has 1 N–H and O–H groups in total. The first-order valence-electron chi connectivity index (χ1n) is 6.79. The second-order valence-electron chi connectivity index (χ2n) is 4.82. The van der Waals surface area contributed by atoms with E-state index in [0.717, 1.165) is 43.8 Å². The van der Waals surface area contributed by atoms with Crippen molar-refractivity contribution < 1.29 is 19.4 Å². The molecule has 4 heteroatoms. The highest BCUT2D eigenvalue weighted by Gasteiger charge is 2.14. The van der Waals surface area contributed by atoms with Gasteiger partial charge in [0.15, 0.2) is 0 Å². The van der Waals surface area contributed by atoms with Crippen LogP contribution in [0.25, 0.3) is 0 Å². The van der Waals surface area contributed by atoms with E-state index >= 15 is 0 Å². The molecule has 0 atom stereocenters. The number of carbonyl (C=O) groups is 1. The van der Waals surface area contributed by atoms with Crippen LogP contribution in [0.3, 0.4) is 0 Å². The molecule has 104 valence electrons. The number of ether oxygens (including phenoxy) is 2. The Bertz CT molecular complexity index is 393. The van der Waals surface area contributed by atoms with Gasteiger partial charge in [0, 0.05) is 19.3 Å². The number of rotatable bonds is 6. The third-order valence-electron chi connectivity index (χ3n) is 3.25. The summed E-state index contributed by atoms with van der Waals surface area (Å²) in [4.78, 5) is 10.4. The molecular weight excluding hydrogens is 244 g/mol. The van der Waals surface area contributed by atoms with Gasteiger partial charge in [0.1, 0.15) is 11.9 Å².